The maximum Gasteiger partial charge on any atom is 0.233 e. The molecular formula is C20H18N2OS. The molecule has 0 bridgehead atoms. The normalized spacial score (nSPS) is 13.8. The SMILES string of the molecule is O=C(CSc1ccc2ccccc2n1)N1CCc2ccccc2C1. The maximum absolute atomic E-state index is 12.5. The average Bonchev–Trinajstić information content (AvgIpc) is 2.65. The quantitative estimate of drug-likeness (QED) is 0.681. The number of thioether (sulfide) groups is 1. The largest absolute Gasteiger partial charge is 0.337 e. The number of fused-ring (bicyclic) bond motifs is 2. The molecule has 3 nitrogen and oxygen atoms in total. The van der Waals surface area contributed by atoms with Crippen molar-refractivity contribution in [3.8, 4) is 0 Å². The molecule has 0 unspecified atom stereocenters. The van der Waals surface area contributed by atoms with Crippen molar-refractivity contribution in [2.24, 2.45) is 0 Å². The van der Waals surface area contributed by atoms with Crippen molar-refractivity contribution < 1.29 is 4.79 Å². The molecule has 1 aliphatic rings. The number of pyridine rings is 1. The van der Waals surface area contributed by atoms with E-state index in [9.17, 15) is 4.79 Å². The molecule has 1 amide bonds. The third-order valence-electron chi connectivity index (χ3n) is 4.40. The Labute approximate surface area is 145 Å². The van der Waals surface area contributed by atoms with Gasteiger partial charge in [0.05, 0.1) is 16.3 Å². The van der Waals surface area contributed by atoms with Gasteiger partial charge < -0.3 is 4.90 Å². The Morgan fingerprint density at radius 2 is 1.79 bits per heavy atom. The van der Waals surface area contributed by atoms with E-state index in [1.54, 1.807) is 0 Å². The predicted molar refractivity (Wildman–Crippen MR) is 98.0 cm³/mol. The molecule has 0 N–H and O–H groups in total. The van der Waals surface area contributed by atoms with Crippen molar-refractivity contribution in [3.05, 3.63) is 71.8 Å². The first kappa shape index (κ1) is 15.2. The van der Waals surface area contributed by atoms with E-state index in [1.807, 2.05) is 41.3 Å². The van der Waals surface area contributed by atoms with Gasteiger partial charge in [-0.3, -0.25) is 4.79 Å². The molecular weight excluding hydrogens is 316 g/mol. The number of amides is 1. The highest BCUT2D eigenvalue weighted by Crippen LogP contribution is 2.22. The van der Waals surface area contributed by atoms with Crippen LogP contribution in [-0.4, -0.2) is 28.1 Å². The smallest absolute Gasteiger partial charge is 0.233 e. The highest BCUT2D eigenvalue weighted by Gasteiger charge is 2.20. The van der Waals surface area contributed by atoms with Crippen LogP contribution in [0, 0.1) is 0 Å². The van der Waals surface area contributed by atoms with E-state index in [2.05, 4.69) is 29.2 Å². The van der Waals surface area contributed by atoms with Crippen molar-refractivity contribution in [2.75, 3.05) is 12.3 Å². The van der Waals surface area contributed by atoms with Crippen LogP contribution >= 0.6 is 11.8 Å². The number of hydrogen-bond acceptors (Lipinski definition) is 3. The number of carbonyl (C=O) groups is 1. The molecule has 3 aromatic rings. The average molecular weight is 334 g/mol. The molecule has 4 rings (SSSR count). The molecule has 0 spiro atoms. The lowest BCUT2D eigenvalue weighted by Crippen LogP contribution is -2.37. The van der Waals surface area contributed by atoms with E-state index in [0.717, 1.165) is 35.4 Å². The van der Waals surface area contributed by atoms with Crippen LogP contribution in [0.15, 0.2) is 65.7 Å². The number of aromatic nitrogens is 1. The zero-order chi connectivity index (χ0) is 16.4. The molecule has 0 fully saturated rings. The predicted octanol–water partition coefficient (Wildman–Crippen LogP) is 3.91. The van der Waals surface area contributed by atoms with Gasteiger partial charge in [-0.15, -0.1) is 0 Å². The highest BCUT2D eigenvalue weighted by atomic mass is 32.2. The van der Waals surface area contributed by atoms with Gasteiger partial charge in [0.25, 0.3) is 0 Å². The van der Waals surface area contributed by atoms with Gasteiger partial charge in [0, 0.05) is 18.5 Å². The Morgan fingerprint density at radius 3 is 2.71 bits per heavy atom. The molecule has 2 heterocycles. The molecule has 0 radical (unpaired) electrons. The highest BCUT2D eigenvalue weighted by molar-refractivity contribution is 7.99. The summed E-state index contributed by atoms with van der Waals surface area (Å²) in [6.45, 7) is 1.53. The summed E-state index contributed by atoms with van der Waals surface area (Å²) in [6, 6.07) is 20.5. The lowest BCUT2D eigenvalue weighted by atomic mass is 10.00. The van der Waals surface area contributed by atoms with Crippen LogP contribution < -0.4 is 0 Å². The minimum atomic E-state index is 0.185. The van der Waals surface area contributed by atoms with E-state index in [4.69, 9.17) is 0 Å². The third kappa shape index (κ3) is 3.15. The van der Waals surface area contributed by atoms with Gasteiger partial charge in [0.2, 0.25) is 5.91 Å². The number of benzene rings is 2. The molecule has 0 aliphatic carbocycles. The second-order valence-corrected chi connectivity index (χ2v) is 6.96. The maximum atomic E-state index is 12.5. The monoisotopic (exact) mass is 334 g/mol. The fourth-order valence-electron chi connectivity index (χ4n) is 3.06. The number of nitrogens with zero attached hydrogens (tertiary/aromatic N) is 2. The van der Waals surface area contributed by atoms with Gasteiger partial charge in [0.1, 0.15) is 0 Å². The van der Waals surface area contributed by atoms with Crippen molar-refractivity contribution in [1.29, 1.82) is 0 Å². The van der Waals surface area contributed by atoms with Gasteiger partial charge in [0.15, 0.2) is 0 Å². The summed E-state index contributed by atoms with van der Waals surface area (Å²) in [7, 11) is 0. The minimum absolute atomic E-state index is 0.185. The lowest BCUT2D eigenvalue weighted by Gasteiger charge is -2.28. The fraction of sp³-hybridized carbons (Fsp3) is 0.200. The first-order chi connectivity index (χ1) is 11.8. The number of hydrogen-bond donors (Lipinski definition) is 0. The number of para-hydroxylation sites is 1. The Hall–Kier alpha value is -2.33. The molecule has 0 saturated carbocycles. The second kappa shape index (κ2) is 6.65. The van der Waals surface area contributed by atoms with E-state index in [-0.39, 0.29) is 5.91 Å². The van der Waals surface area contributed by atoms with Gasteiger partial charge >= 0.3 is 0 Å². The summed E-state index contributed by atoms with van der Waals surface area (Å²) in [5, 5.41) is 2.03. The summed E-state index contributed by atoms with van der Waals surface area (Å²) in [5.74, 6) is 0.623. The standard InChI is InChI=1S/C20H18N2OS/c23-20(22-12-11-15-5-1-2-7-17(15)13-22)14-24-19-10-9-16-6-3-4-8-18(16)21-19/h1-10H,11-14H2. The van der Waals surface area contributed by atoms with E-state index in [0.29, 0.717) is 5.75 Å². The van der Waals surface area contributed by atoms with E-state index < -0.39 is 0 Å². The molecule has 120 valence electrons. The molecule has 0 saturated heterocycles. The summed E-state index contributed by atoms with van der Waals surface area (Å²) >= 11 is 1.52. The Bertz CT molecular complexity index is 893. The topological polar surface area (TPSA) is 33.2 Å². The third-order valence-corrected chi connectivity index (χ3v) is 5.31. The summed E-state index contributed by atoms with van der Waals surface area (Å²) in [4.78, 5) is 19.1. The van der Waals surface area contributed by atoms with Crippen LogP contribution in [0.1, 0.15) is 11.1 Å². The van der Waals surface area contributed by atoms with Crippen molar-refractivity contribution in [2.45, 2.75) is 18.0 Å². The van der Waals surface area contributed by atoms with Crippen LogP contribution in [0.2, 0.25) is 0 Å². The minimum Gasteiger partial charge on any atom is -0.337 e. The van der Waals surface area contributed by atoms with Crippen LogP contribution in [0.4, 0.5) is 0 Å². The fourth-order valence-corrected chi connectivity index (χ4v) is 3.84. The number of carbonyl (C=O) groups excluding carboxylic acids is 1. The first-order valence-electron chi connectivity index (χ1n) is 8.13. The van der Waals surface area contributed by atoms with Crippen molar-refractivity contribution in [3.63, 3.8) is 0 Å². The number of rotatable bonds is 3. The zero-order valence-electron chi connectivity index (χ0n) is 13.3. The Balaban J connectivity index is 1.41. The van der Waals surface area contributed by atoms with Crippen LogP contribution in [0.3, 0.4) is 0 Å². The molecule has 0 atom stereocenters. The van der Waals surface area contributed by atoms with Crippen LogP contribution in [-0.2, 0) is 17.8 Å². The summed E-state index contributed by atoms with van der Waals surface area (Å²) < 4.78 is 0. The summed E-state index contributed by atoms with van der Waals surface area (Å²) in [6.07, 6.45) is 0.945. The van der Waals surface area contributed by atoms with E-state index in [1.165, 1.54) is 22.9 Å². The second-order valence-electron chi connectivity index (χ2n) is 5.96. The first-order valence-corrected chi connectivity index (χ1v) is 9.11. The molecule has 4 heteroatoms. The Kier molecular flexibility index (Phi) is 4.22. The van der Waals surface area contributed by atoms with E-state index >= 15 is 0 Å². The van der Waals surface area contributed by atoms with Gasteiger partial charge in [-0.1, -0.05) is 60.3 Å². The molecule has 2 aromatic carbocycles. The van der Waals surface area contributed by atoms with Crippen LogP contribution in [0.25, 0.3) is 10.9 Å². The Morgan fingerprint density at radius 1 is 1.00 bits per heavy atom. The molecule has 1 aliphatic heterocycles. The molecule has 1 aromatic heterocycles. The van der Waals surface area contributed by atoms with Gasteiger partial charge in [-0.05, 0) is 29.7 Å². The lowest BCUT2D eigenvalue weighted by molar-refractivity contribution is -0.129. The van der Waals surface area contributed by atoms with Crippen molar-refractivity contribution in [1.82, 2.24) is 9.88 Å². The van der Waals surface area contributed by atoms with Gasteiger partial charge in [-0.25, -0.2) is 4.98 Å². The van der Waals surface area contributed by atoms with Crippen molar-refractivity contribution >= 4 is 28.6 Å². The molecule has 24 heavy (non-hydrogen) atoms. The zero-order valence-corrected chi connectivity index (χ0v) is 14.1. The summed E-state index contributed by atoms with van der Waals surface area (Å²) in [5.41, 5.74) is 3.61. The van der Waals surface area contributed by atoms with Crippen LogP contribution in [0.5, 0.6) is 0 Å². The van der Waals surface area contributed by atoms with Gasteiger partial charge in [-0.2, -0.15) is 0 Å².